The number of anilines is 1. The maximum absolute atomic E-state index is 5.63. The van der Waals surface area contributed by atoms with Crippen LogP contribution in [0.3, 0.4) is 0 Å². The van der Waals surface area contributed by atoms with Crippen LogP contribution in [0.4, 0.5) is 5.82 Å². The standard InChI is InChI=1S/C11H14N4S/c1-15(6-10-7-16-8-13-10)5-9-3-2-4-11(12)14-9/h2-4,7-8H,5-6H2,1H3,(H2,12,14). The van der Waals surface area contributed by atoms with Crippen LogP contribution < -0.4 is 5.73 Å². The van der Waals surface area contributed by atoms with Crippen LogP contribution in [0.5, 0.6) is 0 Å². The van der Waals surface area contributed by atoms with Gasteiger partial charge in [-0.25, -0.2) is 9.97 Å². The van der Waals surface area contributed by atoms with Gasteiger partial charge in [0.1, 0.15) is 5.82 Å². The Hall–Kier alpha value is -1.46. The number of nitrogen functional groups attached to an aromatic ring is 1. The fourth-order valence-corrected chi connectivity index (χ4v) is 2.06. The smallest absolute Gasteiger partial charge is 0.123 e. The Morgan fingerprint density at radius 1 is 1.31 bits per heavy atom. The molecule has 0 spiro atoms. The number of nitrogens with two attached hydrogens (primary N) is 1. The number of thiazole rings is 1. The van der Waals surface area contributed by atoms with Crippen LogP contribution >= 0.6 is 11.3 Å². The molecule has 2 aromatic rings. The number of hydrogen-bond acceptors (Lipinski definition) is 5. The van der Waals surface area contributed by atoms with Gasteiger partial charge in [0.05, 0.1) is 16.9 Å². The van der Waals surface area contributed by atoms with Crippen molar-refractivity contribution in [1.29, 1.82) is 0 Å². The van der Waals surface area contributed by atoms with Crippen LogP contribution in [-0.2, 0) is 13.1 Å². The molecule has 2 aromatic heterocycles. The third kappa shape index (κ3) is 3.01. The van der Waals surface area contributed by atoms with E-state index in [-0.39, 0.29) is 0 Å². The molecule has 0 aromatic carbocycles. The van der Waals surface area contributed by atoms with Crippen LogP contribution in [0.2, 0.25) is 0 Å². The molecule has 0 radical (unpaired) electrons. The maximum atomic E-state index is 5.63. The molecule has 2 heterocycles. The zero-order valence-corrected chi connectivity index (χ0v) is 9.94. The van der Waals surface area contributed by atoms with Crippen molar-refractivity contribution in [1.82, 2.24) is 14.9 Å². The summed E-state index contributed by atoms with van der Waals surface area (Å²) in [7, 11) is 2.05. The van der Waals surface area contributed by atoms with Gasteiger partial charge in [0, 0.05) is 18.5 Å². The monoisotopic (exact) mass is 234 g/mol. The molecule has 0 aliphatic heterocycles. The molecule has 0 saturated carbocycles. The summed E-state index contributed by atoms with van der Waals surface area (Å²) in [6.07, 6.45) is 0. The Balaban J connectivity index is 1.94. The molecule has 2 rings (SSSR count). The third-order valence-corrected chi connectivity index (χ3v) is 2.81. The lowest BCUT2D eigenvalue weighted by atomic mass is 10.3. The Kier molecular flexibility index (Phi) is 3.48. The largest absolute Gasteiger partial charge is 0.384 e. The Labute approximate surface area is 98.8 Å². The minimum Gasteiger partial charge on any atom is -0.384 e. The zero-order chi connectivity index (χ0) is 11.4. The predicted octanol–water partition coefficient (Wildman–Crippen LogP) is 1.75. The molecule has 5 heteroatoms. The van der Waals surface area contributed by atoms with E-state index in [9.17, 15) is 0 Å². The number of nitrogens with zero attached hydrogens (tertiary/aromatic N) is 3. The first-order valence-electron chi connectivity index (χ1n) is 5.01. The minimum atomic E-state index is 0.569. The van der Waals surface area contributed by atoms with Crippen molar-refractivity contribution in [3.8, 4) is 0 Å². The van der Waals surface area contributed by atoms with Crippen molar-refractivity contribution in [3.63, 3.8) is 0 Å². The lowest BCUT2D eigenvalue weighted by Gasteiger charge is -2.14. The maximum Gasteiger partial charge on any atom is 0.123 e. The zero-order valence-electron chi connectivity index (χ0n) is 9.13. The number of hydrogen-bond donors (Lipinski definition) is 1. The molecular weight excluding hydrogens is 220 g/mol. The van der Waals surface area contributed by atoms with E-state index >= 15 is 0 Å². The SMILES string of the molecule is CN(Cc1cscn1)Cc1cccc(N)n1. The van der Waals surface area contributed by atoms with Crippen LogP contribution in [0.15, 0.2) is 29.1 Å². The molecule has 0 aliphatic carbocycles. The molecule has 0 atom stereocenters. The predicted molar refractivity (Wildman–Crippen MR) is 65.9 cm³/mol. The van der Waals surface area contributed by atoms with E-state index in [0.717, 1.165) is 24.5 Å². The van der Waals surface area contributed by atoms with Gasteiger partial charge in [0.15, 0.2) is 0 Å². The highest BCUT2D eigenvalue weighted by molar-refractivity contribution is 7.07. The average Bonchev–Trinajstić information content (AvgIpc) is 2.70. The van der Waals surface area contributed by atoms with E-state index in [1.54, 1.807) is 17.4 Å². The fraction of sp³-hybridized carbons (Fsp3) is 0.273. The average molecular weight is 234 g/mol. The van der Waals surface area contributed by atoms with Gasteiger partial charge in [-0.2, -0.15) is 0 Å². The molecule has 0 unspecified atom stereocenters. The third-order valence-electron chi connectivity index (χ3n) is 2.18. The van der Waals surface area contributed by atoms with Crippen molar-refractivity contribution < 1.29 is 0 Å². The van der Waals surface area contributed by atoms with E-state index in [1.165, 1.54) is 0 Å². The van der Waals surface area contributed by atoms with E-state index in [0.29, 0.717) is 5.82 Å². The minimum absolute atomic E-state index is 0.569. The quantitative estimate of drug-likeness (QED) is 0.875. The Morgan fingerprint density at radius 2 is 2.12 bits per heavy atom. The van der Waals surface area contributed by atoms with E-state index in [4.69, 9.17) is 5.73 Å². The highest BCUT2D eigenvalue weighted by Gasteiger charge is 2.04. The molecule has 4 nitrogen and oxygen atoms in total. The Morgan fingerprint density at radius 3 is 2.81 bits per heavy atom. The topological polar surface area (TPSA) is 55.0 Å². The molecular formula is C11H14N4S. The van der Waals surface area contributed by atoms with Gasteiger partial charge in [-0.15, -0.1) is 11.3 Å². The van der Waals surface area contributed by atoms with Gasteiger partial charge in [0.2, 0.25) is 0 Å². The summed E-state index contributed by atoms with van der Waals surface area (Å²) in [6.45, 7) is 1.61. The highest BCUT2D eigenvalue weighted by atomic mass is 32.1. The van der Waals surface area contributed by atoms with Gasteiger partial charge in [-0.3, -0.25) is 4.90 Å². The van der Waals surface area contributed by atoms with Gasteiger partial charge >= 0.3 is 0 Å². The first-order valence-corrected chi connectivity index (χ1v) is 5.95. The lowest BCUT2D eigenvalue weighted by molar-refractivity contribution is 0.312. The van der Waals surface area contributed by atoms with Crippen LogP contribution in [0.25, 0.3) is 0 Å². The summed E-state index contributed by atoms with van der Waals surface area (Å²) in [5.74, 6) is 0.569. The second kappa shape index (κ2) is 5.05. The van der Waals surface area contributed by atoms with E-state index in [2.05, 4.69) is 20.2 Å². The van der Waals surface area contributed by atoms with Crippen molar-refractivity contribution in [2.24, 2.45) is 0 Å². The summed E-state index contributed by atoms with van der Waals surface area (Å²) in [5, 5.41) is 2.06. The molecule has 0 aliphatic rings. The van der Waals surface area contributed by atoms with Crippen molar-refractivity contribution >= 4 is 17.2 Å². The molecule has 16 heavy (non-hydrogen) atoms. The van der Waals surface area contributed by atoms with Gasteiger partial charge in [0.25, 0.3) is 0 Å². The number of pyridine rings is 1. The second-order valence-electron chi connectivity index (χ2n) is 3.71. The summed E-state index contributed by atoms with van der Waals surface area (Å²) in [6, 6.07) is 5.70. The Bertz CT molecular complexity index is 441. The highest BCUT2D eigenvalue weighted by Crippen LogP contribution is 2.08. The van der Waals surface area contributed by atoms with Crippen molar-refractivity contribution in [3.05, 3.63) is 40.5 Å². The normalized spacial score (nSPS) is 10.9. The summed E-state index contributed by atoms with van der Waals surface area (Å²) in [4.78, 5) is 10.7. The first-order chi connectivity index (χ1) is 7.74. The van der Waals surface area contributed by atoms with Crippen molar-refractivity contribution in [2.75, 3.05) is 12.8 Å². The lowest BCUT2D eigenvalue weighted by Crippen LogP contribution is -2.18. The molecule has 0 amide bonds. The van der Waals surface area contributed by atoms with Crippen molar-refractivity contribution in [2.45, 2.75) is 13.1 Å². The molecule has 0 saturated heterocycles. The second-order valence-corrected chi connectivity index (χ2v) is 4.42. The molecule has 84 valence electrons. The van der Waals surface area contributed by atoms with Gasteiger partial charge in [-0.1, -0.05) is 6.07 Å². The van der Waals surface area contributed by atoms with Gasteiger partial charge in [-0.05, 0) is 19.2 Å². The fourth-order valence-electron chi connectivity index (χ4n) is 1.51. The van der Waals surface area contributed by atoms with Gasteiger partial charge < -0.3 is 5.73 Å². The van der Waals surface area contributed by atoms with E-state index in [1.807, 2.05) is 24.7 Å². The number of aromatic nitrogens is 2. The molecule has 0 bridgehead atoms. The molecule has 0 fully saturated rings. The summed E-state index contributed by atoms with van der Waals surface area (Å²) in [5.41, 5.74) is 9.56. The summed E-state index contributed by atoms with van der Waals surface area (Å²) < 4.78 is 0. The summed E-state index contributed by atoms with van der Waals surface area (Å²) >= 11 is 1.62. The van der Waals surface area contributed by atoms with E-state index < -0.39 is 0 Å². The molecule has 2 N–H and O–H groups in total. The van der Waals surface area contributed by atoms with Crippen LogP contribution in [-0.4, -0.2) is 21.9 Å². The first kappa shape index (κ1) is 11.0. The number of rotatable bonds is 4. The van der Waals surface area contributed by atoms with Crippen LogP contribution in [0.1, 0.15) is 11.4 Å². The van der Waals surface area contributed by atoms with Crippen LogP contribution in [0, 0.1) is 0 Å².